The molecular weight excluding hydrogens is 290 g/mol. The van der Waals surface area contributed by atoms with Gasteiger partial charge in [0.05, 0.1) is 24.1 Å². The lowest BCUT2D eigenvalue weighted by Crippen LogP contribution is -2.35. The van der Waals surface area contributed by atoms with Crippen molar-refractivity contribution in [1.82, 2.24) is 5.32 Å². The molecule has 0 aromatic heterocycles. The molecule has 0 amide bonds. The van der Waals surface area contributed by atoms with Gasteiger partial charge in [-0.05, 0) is 31.2 Å². The SMILES string of the molecule is CCCNC[C@H](CC(=O)OC)Nc1ccc(C#N)c(Cl)c1. The fraction of sp³-hybridized carbons (Fsp3) is 0.467. The normalized spacial score (nSPS) is 11.5. The summed E-state index contributed by atoms with van der Waals surface area (Å²) in [5.74, 6) is -0.273. The first-order chi connectivity index (χ1) is 10.1. The van der Waals surface area contributed by atoms with Crippen molar-refractivity contribution in [2.75, 3.05) is 25.5 Å². The highest BCUT2D eigenvalue weighted by Gasteiger charge is 2.14. The molecule has 1 atom stereocenters. The van der Waals surface area contributed by atoms with Crippen LogP contribution < -0.4 is 10.6 Å². The summed E-state index contributed by atoms with van der Waals surface area (Å²) >= 11 is 6.00. The third-order valence-corrected chi connectivity index (χ3v) is 3.23. The number of benzene rings is 1. The molecule has 0 saturated carbocycles. The van der Waals surface area contributed by atoms with Gasteiger partial charge in [-0.2, -0.15) is 5.26 Å². The monoisotopic (exact) mass is 309 g/mol. The lowest BCUT2D eigenvalue weighted by atomic mass is 10.1. The van der Waals surface area contributed by atoms with Gasteiger partial charge < -0.3 is 15.4 Å². The van der Waals surface area contributed by atoms with Crippen LogP contribution in [0.15, 0.2) is 18.2 Å². The van der Waals surface area contributed by atoms with Gasteiger partial charge in [-0.3, -0.25) is 4.79 Å². The number of carbonyl (C=O) groups is 1. The molecule has 0 heterocycles. The molecule has 0 radical (unpaired) electrons. The topological polar surface area (TPSA) is 74.2 Å². The van der Waals surface area contributed by atoms with Crippen molar-refractivity contribution in [2.24, 2.45) is 0 Å². The maximum Gasteiger partial charge on any atom is 0.307 e. The summed E-state index contributed by atoms with van der Waals surface area (Å²) in [5, 5.41) is 15.8. The number of methoxy groups -OCH3 is 1. The second-order valence-corrected chi connectivity index (χ2v) is 5.04. The summed E-state index contributed by atoms with van der Waals surface area (Å²) in [5.41, 5.74) is 1.20. The van der Waals surface area contributed by atoms with Crippen LogP contribution in [-0.2, 0) is 9.53 Å². The molecule has 0 unspecified atom stereocenters. The van der Waals surface area contributed by atoms with E-state index in [4.69, 9.17) is 21.6 Å². The third kappa shape index (κ3) is 6.03. The molecular formula is C15H20ClN3O2. The molecule has 6 heteroatoms. The molecule has 0 fully saturated rings. The zero-order valence-electron chi connectivity index (χ0n) is 12.3. The smallest absolute Gasteiger partial charge is 0.307 e. The van der Waals surface area contributed by atoms with Gasteiger partial charge in [0, 0.05) is 18.3 Å². The number of hydrogen-bond acceptors (Lipinski definition) is 5. The Labute approximate surface area is 130 Å². The first-order valence-electron chi connectivity index (χ1n) is 6.84. The lowest BCUT2D eigenvalue weighted by Gasteiger charge is -2.19. The first-order valence-corrected chi connectivity index (χ1v) is 7.22. The lowest BCUT2D eigenvalue weighted by molar-refractivity contribution is -0.140. The van der Waals surface area contributed by atoms with Crippen molar-refractivity contribution < 1.29 is 9.53 Å². The number of anilines is 1. The number of nitrogens with zero attached hydrogens (tertiary/aromatic N) is 1. The van der Waals surface area contributed by atoms with Crippen molar-refractivity contribution in [2.45, 2.75) is 25.8 Å². The van der Waals surface area contributed by atoms with E-state index >= 15 is 0 Å². The minimum Gasteiger partial charge on any atom is -0.469 e. The number of nitriles is 1. The number of hydrogen-bond donors (Lipinski definition) is 2. The molecule has 1 aromatic carbocycles. The van der Waals surface area contributed by atoms with Crippen molar-refractivity contribution in [1.29, 1.82) is 5.26 Å². The van der Waals surface area contributed by atoms with Gasteiger partial charge >= 0.3 is 5.97 Å². The van der Waals surface area contributed by atoms with Crippen LogP contribution in [-0.4, -0.2) is 32.2 Å². The fourth-order valence-electron chi connectivity index (χ4n) is 1.84. The molecule has 21 heavy (non-hydrogen) atoms. The number of rotatable bonds is 8. The number of halogens is 1. The maximum absolute atomic E-state index is 11.5. The van der Waals surface area contributed by atoms with Crippen molar-refractivity contribution in [3.8, 4) is 6.07 Å². The van der Waals surface area contributed by atoms with Gasteiger partial charge in [0.1, 0.15) is 6.07 Å². The summed E-state index contributed by atoms with van der Waals surface area (Å²) in [6.07, 6.45) is 1.28. The second-order valence-electron chi connectivity index (χ2n) is 4.63. The molecule has 1 rings (SSSR count). The minimum absolute atomic E-state index is 0.104. The Balaban J connectivity index is 2.72. The van der Waals surface area contributed by atoms with Crippen molar-refractivity contribution in [3.63, 3.8) is 0 Å². The van der Waals surface area contributed by atoms with Gasteiger partial charge in [-0.15, -0.1) is 0 Å². The van der Waals surface area contributed by atoms with Crippen molar-refractivity contribution in [3.05, 3.63) is 28.8 Å². The average molecular weight is 310 g/mol. The van der Waals surface area contributed by atoms with Gasteiger partial charge in [0.15, 0.2) is 0 Å². The molecule has 0 saturated heterocycles. The van der Waals surface area contributed by atoms with Gasteiger partial charge in [-0.25, -0.2) is 0 Å². The van der Waals surface area contributed by atoms with Gasteiger partial charge in [-0.1, -0.05) is 18.5 Å². The van der Waals surface area contributed by atoms with E-state index in [9.17, 15) is 4.79 Å². The molecule has 0 aliphatic heterocycles. The predicted molar refractivity (Wildman–Crippen MR) is 83.4 cm³/mol. The van der Waals surface area contributed by atoms with E-state index in [1.54, 1.807) is 18.2 Å². The van der Waals surface area contributed by atoms with Crippen LogP contribution in [0, 0.1) is 11.3 Å². The highest BCUT2D eigenvalue weighted by Crippen LogP contribution is 2.21. The van der Waals surface area contributed by atoms with E-state index in [0.29, 0.717) is 17.1 Å². The predicted octanol–water partition coefficient (Wildman–Crippen LogP) is 2.55. The van der Waals surface area contributed by atoms with Crippen LogP contribution >= 0.6 is 11.6 Å². The first kappa shape index (κ1) is 17.3. The Hall–Kier alpha value is -1.77. The second kappa shape index (κ2) is 9.22. The summed E-state index contributed by atoms with van der Waals surface area (Å²) in [4.78, 5) is 11.5. The van der Waals surface area contributed by atoms with E-state index in [1.165, 1.54) is 7.11 Å². The van der Waals surface area contributed by atoms with Crippen molar-refractivity contribution >= 4 is 23.3 Å². The molecule has 5 nitrogen and oxygen atoms in total. The van der Waals surface area contributed by atoms with Crippen LogP contribution in [0.1, 0.15) is 25.3 Å². The summed E-state index contributed by atoms with van der Waals surface area (Å²) in [6.45, 7) is 3.60. The third-order valence-electron chi connectivity index (χ3n) is 2.92. The quantitative estimate of drug-likeness (QED) is 0.570. The number of ether oxygens (including phenoxy) is 1. The highest BCUT2D eigenvalue weighted by atomic mass is 35.5. The maximum atomic E-state index is 11.5. The summed E-state index contributed by atoms with van der Waals surface area (Å²) in [6, 6.07) is 7.02. The molecule has 1 aromatic rings. The Morgan fingerprint density at radius 2 is 2.29 bits per heavy atom. The standard InChI is InChI=1S/C15H20ClN3O2/c1-3-6-18-10-13(8-15(20)21-2)19-12-5-4-11(9-17)14(16)7-12/h4-5,7,13,18-19H,3,6,8,10H2,1-2H3/t13-/m0/s1. The van der Waals surface area contributed by atoms with Crippen LogP contribution in [0.3, 0.4) is 0 Å². The highest BCUT2D eigenvalue weighted by molar-refractivity contribution is 6.32. The van der Waals surface area contributed by atoms with Crippen LogP contribution in [0.5, 0.6) is 0 Å². The number of esters is 1. The van der Waals surface area contributed by atoms with Crippen LogP contribution in [0.2, 0.25) is 5.02 Å². The van der Waals surface area contributed by atoms with E-state index in [2.05, 4.69) is 17.6 Å². The molecule has 0 aliphatic rings. The molecule has 0 bridgehead atoms. The number of nitrogens with one attached hydrogen (secondary N) is 2. The van der Waals surface area contributed by atoms with E-state index in [1.807, 2.05) is 6.07 Å². The molecule has 0 spiro atoms. The zero-order valence-corrected chi connectivity index (χ0v) is 13.0. The van der Waals surface area contributed by atoms with Gasteiger partial charge in [0.25, 0.3) is 0 Å². The Morgan fingerprint density at radius 1 is 1.52 bits per heavy atom. The van der Waals surface area contributed by atoms with E-state index < -0.39 is 0 Å². The average Bonchev–Trinajstić information content (AvgIpc) is 2.47. The molecule has 2 N–H and O–H groups in total. The Kier molecular flexibility index (Phi) is 7.59. The number of carbonyl (C=O) groups excluding carboxylic acids is 1. The van der Waals surface area contributed by atoms with Crippen LogP contribution in [0.4, 0.5) is 5.69 Å². The zero-order chi connectivity index (χ0) is 15.7. The minimum atomic E-state index is -0.273. The molecule has 0 aliphatic carbocycles. The summed E-state index contributed by atoms with van der Waals surface area (Å²) in [7, 11) is 1.37. The van der Waals surface area contributed by atoms with Crippen LogP contribution in [0.25, 0.3) is 0 Å². The Bertz CT molecular complexity index is 514. The molecule has 114 valence electrons. The van der Waals surface area contributed by atoms with Gasteiger partial charge in [0.2, 0.25) is 0 Å². The largest absolute Gasteiger partial charge is 0.469 e. The van der Waals surface area contributed by atoms with E-state index in [-0.39, 0.29) is 18.4 Å². The van der Waals surface area contributed by atoms with E-state index in [0.717, 1.165) is 18.7 Å². The summed E-state index contributed by atoms with van der Waals surface area (Å²) < 4.78 is 4.71. The fourth-order valence-corrected chi connectivity index (χ4v) is 2.07. The Morgan fingerprint density at radius 3 is 2.86 bits per heavy atom.